The molecule has 0 saturated carbocycles. The molecule has 2 aromatic rings. The SMILES string of the molecule is COc1c(C(N)=O)cc(Br)c2ccccc12. The number of benzene rings is 2. The largest absolute Gasteiger partial charge is 0.495 e. The maximum absolute atomic E-state index is 11.3. The lowest BCUT2D eigenvalue weighted by molar-refractivity contribution is 0.0997. The number of methoxy groups -OCH3 is 1. The molecule has 2 aromatic carbocycles. The van der Waals surface area contributed by atoms with Crippen molar-refractivity contribution in [2.45, 2.75) is 0 Å². The van der Waals surface area contributed by atoms with E-state index in [1.54, 1.807) is 6.07 Å². The molecule has 0 aliphatic carbocycles. The standard InChI is InChI=1S/C12H10BrNO2/c1-16-11-8-5-3-2-4-7(8)10(13)6-9(11)12(14)15/h2-6H,1H3,(H2,14,15). The summed E-state index contributed by atoms with van der Waals surface area (Å²) in [6, 6.07) is 9.35. The summed E-state index contributed by atoms with van der Waals surface area (Å²) in [5, 5.41) is 1.86. The lowest BCUT2D eigenvalue weighted by Gasteiger charge is -2.10. The van der Waals surface area contributed by atoms with Crippen molar-refractivity contribution < 1.29 is 9.53 Å². The van der Waals surface area contributed by atoms with Gasteiger partial charge in [-0.1, -0.05) is 40.2 Å². The summed E-state index contributed by atoms with van der Waals surface area (Å²) in [6.45, 7) is 0. The van der Waals surface area contributed by atoms with Crippen molar-refractivity contribution in [2.24, 2.45) is 5.73 Å². The topological polar surface area (TPSA) is 52.3 Å². The van der Waals surface area contributed by atoms with Gasteiger partial charge in [0.2, 0.25) is 0 Å². The third kappa shape index (κ3) is 1.65. The van der Waals surface area contributed by atoms with Crippen molar-refractivity contribution in [3.8, 4) is 5.75 Å². The molecule has 3 nitrogen and oxygen atoms in total. The molecule has 4 heteroatoms. The van der Waals surface area contributed by atoms with Gasteiger partial charge in [0.05, 0.1) is 12.7 Å². The van der Waals surface area contributed by atoms with Crippen molar-refractivity contribution in [3.63, 3.8) is 0 Å². The molecule has 0 unspecified atom stereocenters. The second-order valence-corrected chi connectivity index (χ2v) is 4.20. The third-order valence-corrected chi connectivity index (χ3v) is 3.07. The van der Waals surface area contributed by atoms with Crippen molar-refractivity contribution in [1.29, 1.82) is 0 Å². The van der Waals surface area contributed by atoms with E-state index >= 15 is 0 Å². The molecule has 0 saturated heterocycles. The number of amides is 1. The van der Waals surface area contributed by atoms with Crippen LogP contribution in [0.1, 0.15) is 10.4 Å². The fraction of sp³-hybridized carbons (Fsp3) is 0.0833. The maximum Gasteiger partial charge on any atom is 0.252 e. The molecule has 2 rings (SSSR count). The molecule has 0 atom stereocenters. The van der Waals surface area contributed by atoms with Crippen molar-refractivity contribution in [1.82, 2.24) is 0 Å². The molecule has 0 fully saturated rings. The van der Waals surface area contributed by atoms with Gasteiger partial charge >= 0.3 is 0 Å². The van der Waals surface area contributed by atoms with E-state index < -0.39 is 5.91 Å². The number of hydrogen-bond acceptors (Lipinski definition) is 2. The van der Waals surface area contributed by atoms with Crippen LogP contribution in [0.5, 0.6) is 5.75 Å². The average Bonchev–Trinajstić information content (AvgIpc) is 2.29. The van der Waals surface area contributed by atoms with E-state index in [2.05, 4.69) is 15.9 Å². The number of fused-ring (bicyclic) bond motifs is 1. The van der Waals surface area contributed by atoms with E-state index in [0.29, 0.717) is 11.3 Å². The number of carbonyl (C=O) groups excluding carboxylic acids is 1. The molecule has 0 aliphatic rings. The zero-order valence-corrected chi connectivity index (χ0v) is 10.2. The zero-order valence-electron chi connectivity index (χ0n) is 8.66. The molecular weight excluding hydrogens is 270 g/mol. The molecule has 0 radical (unpaired) electrons. The first-order valence-corrected chi connectivity index (χ1v) is 5.49. The Labute approximate surface area is 101 Å². The Morgan fingerprint density at radius 2 is 1.94 bits per heavy atom. The van der Waals surface area contributed by atoms with Crippen molar-refractivity contribution >= 4 is 32.6 Å². The highest BCUT2D eigenvalue weighted by molar-refractivity contribution is 9.10. The molecule has 82 valence electrons. The summed E-state index contributed by atoms with van der Waals surface area (Å²) in [5.74, 6) is 0.0228. The number of carbonyl (C=O) groups is 1. The van der Waals surface area contributed by atoms with Gasteiger partial charge in [-0.05, 0) is 11.5 Å². The quantitative estimate of drug-likeness (QED) is 0.919. The summed E-state index contributed by atoms with van der Waals surface area (Å²) in [6.07, 6.45) is 0. The number of halogens is 1. The number of primary amides is 1. The zero-order chi connectivity index (χ0) is 11.7. The summed E-state index contributed by atoms with van der Waals surface area (Å²) < 4.78 is 6.08. The maximum atomic E-state index is 11.3. The Bertz CT molecular complexity index is 566. The fourth-order valence-corrected chi connectivity index (χ4v) is 2.28. The minimum atomic E-state index is -0.497. The molecule has 0 aliphatic heterocycles. The molecular formula is C12H10BrNO2. The van der Waals surface area contributed by atoms with E-state index in [0.717, 1.165) is 15.2 Å². The Hall–Kier alpha value is -1.55. The van der Waals surface area contributed by atoms with Crippen LogP contribution in [-0.4, -0.2) is 13.0 Å². The number of hydrogen-bond donors (Lipinski definition) is 1. The Kier molecular flexibility index (Phi) is 2.83. The van der Waals surface area contributed by atoms with Crippen LogP contribution in [0.4, 0.5) is 0 Å². The third-order valence-electron chi connectivity index (χ3n) is 2.41. The van der Waals surface area contributed by atoms with Gasteiger partial charge in [0.25, 0.3) is 5.91 Å². The van der Waals surface area contributed by atoms with Crippen LogP contribution in [0.2, 0.25) is 0 Å². The van der Waals surface area contributed by atoms with Crippen LogP contribution in [0.15, 0.2) is 34.8 Å². The van der Waals surface area contributed by atoms with Gasteiger partial charge in [0.1, 0.15) is 5.75 Å². The minimum absolute atomic E-state index is 0.382. The highest BCUT2D eigenvalue weighted by Crippen LogP contribution is 2.34. The lowest BCUT2D eigenvalue weighted by Crippen LogP contribution is -2.12. The molecule has 0 spiro atoms. The van der Waals surface area contributed by atoms with Crippen LogP contribution in [-0.2, 0) is 0 Å². The Morgan fingerprint density at radius 3 is 2.50 bits per heavy atom. The van der Waals surface area contributed by atoms with E-state index in [1.807, 2.05) is 24.3 Å². The second kappa shape index (κ2) is 4.14. The highest BCUT2D eigenvalue weighted by atomic mass is 79.9. The molecule has 0 aromatic heterocycles. The fourth-order valence-electron chi connectivity index (χ4n) is 1.71. The summed E-state index contributed by atoms with van der Waals surface area (Å²) in [7, 11) is 1.53. The van der Waals surface area contributed by atoms with E-state index in [-0.39, 0.29) is 0 Å². The molecule has 16 heavy (non-hydrogen) atoms. The van der Waals surface area contributed by atoms with Gasteiger partial charge < -0.3 is 10.5 Å². The molecule has 1 amide bonds. The van der Waals surface area contributed by atoms with Gasteiger partial charge in [-0.25, -0.2) is 0 Å². The predicted octanol–water partition coefficient (Wildman–Crippen LogP) is 2.71. The first-order chi connectivity index (χ1) is 7.65. The summed E-state index contributed by atoms with van der Waals surface area (Å²) in [5.41, 5.74) is 5.69. The van der Waals surface area contributed by atoms with E-state index in [1.165, 1.54) is 7.11 Å². The Morgan fingerprint density at radius 1 is 1.31 bits per heavy atom. The smallest absolute Gasteiger partial charge is 0.252 e. The number of rotatable bonds is 2. The van der Waals surface area contributed by atoms with Crippen molar-refractivity contribution in [2.75, 3.05) is 7.11 Å². The van der Waals surface area contributed by atoms with Crippen molar-refractivity contribution in [3.05, 3.63) is 40.4 Å². The van der Waals surface area contributed by atoms with Gasteiger partial charge in [0, 0.05) is 9.86 Å². The Balaban J connectivity index is 2.90. The molecule has 0 heterocycles. The molecule has 2 N–H and O–H groups in total. The van der Waals surface area contributed by atoms with Crippen LogP contribution in [0.3, 0.4) is 0 Å². The predicted molar refractivity (Wildman–Crippen MR) is 66.7 cm³/mol. The first kappa shape index (κ1) is 11.0. The first-order valence-electron chi connectivity index (χ1n) is 4.70. The van der Waals surface area contributed by atoms with Gasteiger partial charge in [-0.2, -0.15) is 0 Å². The van der Waals surface area contributed by atoms with Crippen LogP contribution in [0, 0.1) is 0 Å². The summed E-state index contributed by atoms with van der Waals surface area (Å²) >= 11 is 3.42. The van der Waals surface area contributed by atoms with Gasteiger partial charge in [-0.3, -0.25) is 4.79 Å². The molecule has 0 bridgehead atoms. The van der Waals surface area contributed by atoms with Gasteiger partial charge in [0.15, 0.2) is 0 Å². The monoisotopic (exact) mass is 279 g/mol. The lowest BCUT2D eigenvalue weighted by atomic mass is 10.0. The summed E-state index contributed by atoms with van der Waals surface area (Å²) in [4.78, 5) is 11.3. The highest BCUT2D eigenvalue weighted by Gasteiger charge is 2.14. The van der Waals surface area contributed by atoms with Crippen LogP contribution < -0.4 is 10.5 Å². The number of nitrogens with two attached hydrogens (primary N) is 1. The second-order valence-electron chi connectivity index (χ2n) is 3.35. The average molecular weight is 280 g/mol. The van der Waals surface area contributed by atoms with Crippen LogP contribution >= 0.6 is 15.9 Å². The van der Waals surface area contributed by atoms with Crippen LogP contribution in [0.25, 0.3) is 10.8 Å². The van der Waals surface area contributed by atoms with Gasteiger partial charge in [-0.15, -0.1) is 0 Å². The number of ether oxygens (including phenoxy) is 1. The minimum Gasteiger partial charge on any atom is -0.495 e. The van der Waals surface area contributed by atoms with E-state index in [4.69, 9.17) is 10.5 Å². The normalized spacial score (nSPS) is 10.4. The van der Waals surface area contributed by atoms with E-state index in [9.17, 15) is 4.79 Å².